The lowest BCUT2D eigenvalue weighted by Crippen LogP contribution is -2.39. The van der Waals surface area contributed by atoms with Gasteiger partial charge in [0.2, 0.25) is 5.91 Å². The van der Waals surface area contributed by atoms with Crippen molar-refractivity contribution >= 4 is 11.9 Å². The quantitative estimate of drug-likeness (QED) is 0.469. The molecule has 1 amide bonds. The van der Waals surface area contributed by atoms with Gasteiger partial charge in [0.25, 0.3) is 0 Å². The molecular weight excluding hydrogens is 246 g/mol. The summed E-state index contributed by atoms with van der Waals surface area (Å²) < 4.78 is 5.29. The molecule has 2 unspecified atom stereocenters. The van der Waals surface area contributed by atoms with Crippen LogP contribution in [-0.4, -0.2) is 36.2 Å². The standard InChI is InChI=1S/C14H25NO4/c1-5-6-7-19-11(4)13(16)15-9-12(14(17)18)8-10(2)3/h5,10-12H,1,6-9H2,2-4H3,(H,15,16)(H,17,18). The number of carboxylic acid groups (broad SMARTS) is 1. The lowest BCUT2D eigenvalue weighted by atomic mass is 9.97. The van der Waals surface area contributed by atoms with Gasteiger partial charge in [0.1, 0.15) is 6.10 Å². The van der Waals surface area contributed by atoms with E-state index < -0.39 is 18.0 Å². The van der Waals surface area contributed by atoms with Gasteiger partial charge in [-0.25, -0.2) is 0 Å². The topological polar surface area (TPSA) is 75.6 Å². The fourth-order valence-electron chi connectivity index (χ4n) is 1.61. The van der Waals surface area contributed by atoms with Gasteiger partial charge in [0, 0.05) is 6.54 Å². The van der Waals surface area contributed by atoms with E-state index in [0.717, 1.165) is 0 Å². The van der Waals surface area contributed by atoms with Gasteiger partial charge in [0.15, 0.2) is 0 Å². The molecule has 0 aliphatic heterocycles. The van der Waals surface area contributed by atoms with Crippen molar-refractivity contribution in [1.82, 2.24) is 5.32 Å². The average Bonchev–Trinajstić information content (AvgIpc) is 2.33. The third-order valence-electron chi connectivity index (χ3n) is 2.69. The lowest BCUT2D eigenvalue weighted by Gasteiger charge is -2.17. The summed E-state index contributed by atoms with van der Waals surface area (Å²) in [7, 11) is 0. The average molecular weight is 271 g/mol. The van der Waals surface area contributed by atoms with Gasteiger partial charge in [-0.3, -0.25) is 9.59 Å². The Morgan fingerprint density at radius 2 is 2.00 bits per heavy atom. The molecule has 0 bridgehead atoms. The monoisotopic (exact) mass is 271 g/mol. The molecule has 0 aromatic carbocycles. The summed E-state index contributed by atoms with van der Waals surface area (Å²) in [6, 6.07) is 0. The predicted octanol–water partition coefficient (Wildman–Crippen LogP) is 1.83. The van der Waals surface area contributed by atoms with Crippen LogP contribution in [0.5, 0.6) is 0 Å². The fraction of sp³-hybridized carbons (Fsp3) is 0.714. The second kappa shape index (κ2) is 9.55. The van der Waals surface area contributed by atoms with Crippen LogP contribution < -0.4 is 5.32 Å². The fourth-order valence-corrected chi connectivity index (χ4v) is 1.61. The van der Waals surface area contributed by atoms with Crippen molar-refractivity contribution < 1.29 is 19.4 Å². The number of nitrogens with one attached hydrogen (secondary N) is 1. The normalized spacial score (nSPS) is 13.9. The summed E-state index contributed by atoms with van der Waals surface area (Å²) in [5.41, 5.74) is 0. The van der Waals surface area contributed by atoms with Crippen LogP contribution in [0.1, 0.15) is 33.6 Å². The van der Waals surface area contributed by atoms with E-state index in [-0.39, 0.29) is 18.4 Å². The third kappa shape index (κ3) is 8.37. The molecule has 110 valence electrons. The van der Waals surface area contributed by atoms with Crippen molar-refractivity contribution in [3.63, 3.8) is 0 Å². The second-order valence-electron chi connectivity index (χ2n) is 5.00. The van der Waals surface area contributed by atoms with Crippen LogP contribution in [0.3, 0.4) is 0 Å². The van der Waals surface area contributed by atoms with Crippen molar-refractivity contribution in [2.24, 2.45) is 11.8 Å². The van der Waals surface area contributed by atoms with E-state index in [9.17, 15) is 9.59 Å². The Morgan fingerprint density at radius 1 is 1.37 bits per heavy atom. The van der Waals surface area contributed by atoms with E-state index in [1.165, 1.54) is 0 Å². The van der Waals surface area contributed by atoms with E-state index >= 15 is 0 Å². The molecule has 5 heteroatoms. The molecule has 0 heterocycles. The SMILES string of the molecule is C=CCCOC(C)C(=O)NCC(CC(C)C)C(=O)O. The molecule has 2 N–H and O–H groups in total. The van der Waals surface area contributed by atoms with E-state index in [0.29, 0.717) is 19.4 Å². The molecule has 0 aliphatic carbocycles. The first-order valence-electron chi connectivity index (χ1n) is 6.61. The number of carboxylic acids is 1. The van der Waals surface area contributed by atoms with Crippen molar-refractivity contribution in [1.29, 1.82) is 0 Å². The van der Waals surface area contributed by atoms with Crippen molar-refractivity contribution in [3.05, 3.63) is 12.7 Å². The number of carbonyl (C=O) groups is 2. The maximum absolute atomic E-state index is 11.7. The largest absolute Gasteiger partial charge is 0.481 e. The first-order chi connectivity index (χ1) is 8.88. The number of ether oxygens (including phenoxy) is 1. The van der Waals surface area contributed by atoms with Gasteiger partial charge in [-0.1, -0.05) is 19.9 Å². The molecule has 5 nitrogen and oxygen atoms in total. The number of hydrogen-bond acceptors (Lipinski definition) is 3. The molecule has 19 heavy (non-hydrogen) atoms. The molecule has 0 rings (SSSR count). The van der Waals surface area contributed by atoms with Crippen molar-refractivity contribution in [2.45, 2.75) is 39.7 Å². The molecule has 0 saturated heterocycles. The number of carbonyl (C=O) groups excluding carboxylic acids is 1. The summed E-state index contributed by atoms with van der Waals surface area (Å²) in [4.78, 5) is 22.7. The third-order valence-corrected chi connectivity index (χ3v) is 2.69. The van der Waals surface area contributed by atoms with E-state index in [2.05, 4.69) is 11.9 Å². The van der Waals surface area contributed by atoms with Gasteiger partial charge in [-0.2, -0.15) is 0 Å². The molecule has 0 aromatic rings. The highest BCUT2D eigenvalue weighted by Crippen LogP contribution is 2.11. The second-order valence-corrected chi connectivity index (χ2v) is 5.00. The number of rotatable bonds is 10. The summed E-state index contributed by atoms with van der Waals surface area (Å²) >= 11 is 0. The van der Waals surface area contributed by atoms with Crippen LogP contribution in [-0.2, 0) is 14.3 Å². The van der Waals surface area contributed by atoms with Crippen LogP contribution in [0.15, 0.2) is 12.7 Å². The van der Waals surface area contributed by atoms with Crippen LogP contribution >= 0.6 is 0 Å². The Bertz CT molecular complexity index is 302. The first-order valence-corrected chi connectivity index (χ1v) is 6.61. The number of hydrogen-bond donors (Lipinski definition) is 2. The Labute approximate surface area is 115 Å². The van der Waals surface area contributed by atoms with Crippen molar-refractivity contribution in [3.8, 4) is 0 Å². The maximum Gasteiger partial charge on any atom is 0.308 e. The minimum Gasteiger partial charge on any atom is -0.481 e. The molecule has 0 spiro atoms. The molecular formula is C14H25NO4. The maximum atomic E-state index is 11.7. The van der Waals surface area contributed by atoms with Crippen molar-refractivity contribution in [2.75, 3.05) is 13.2 Å². The highest BCUT2D eigenvalue weighted by Gasteiger charge is 2.21. The smallest absolute Gasteiger partial charge is 0.308 e. The summed E-state index contributed by atoms with van der Waals surface area (Å²) in [6.07, 6.45) is 2.37. The molecule has 0 radical (unpaired) electrons. The van der Waals surface area contributed by atoms with Gasteiger partial charge in [-0.15, -0.1) is 6.58 Å². The van der Waals surface area contributed by atoms with Gasteiger partial charge in [0.05, 0.1) is 12.5 Å². The van der Waals surface area contributed by atoms with E-state index in [1.54, 1.807) is 13.0 Å². The highest BCUT2D eigenvalue weighted by molar-refractivity contribution is 5.81. The Morgan fingerprint density at radius 3 is 2.47 bits per heavy atom. The minimum absolute atomic E-state index is 0.140. The zero-order chi connectivity index (χ0) is 14.8. The molecule has 0 aromatic heterocycles. The lowest BCUT2D eigenvalue weighted by molar-refractivity contribution is -0.142. The first kappa shape index (κ1) is 17.6. The van der Waals surface area contributed by atoms with Gasteiger partial charge < -0.3 is 15.2 Å². The van der Waals surface area contributed by atoms with Crippen LogP contribution in [0, 0.1) is 11.8 Å². The van der Waals surface area contributed by atoms with Crippen LogP contribution in [0.25, 0.3) is 0 Å². The Hall–Kier alpha value is -1.36. The van der Waals surface area contributed by atoms with E-state index in [4.69, 9.17) is 9.84 Å². The molecule has 0 aliphatic rings. The predicted molar refractivity (Wildman–Crippen MR) is 73.8 cm³/mol. The summed E-state index contributed by atoms with van der Waals surface area (Å²) in [6.45, 7) is 9.70. The van der Waals surface area contributed by atoms with Crippen LogP contribution in [0.2, 0.25) is 0 Å². The molecule has 2 atom stereocenters. The molecule has 0 saturated carbocycles. The molecule has 0 fully saturated rings. The Balaban J connectivity index is 4.09. The summed E-state index contributed by atoms with van der Waals surface area (Å²) in [5.74, 6) is -1.43. The number of amides is 1. The number of aliphatic carboxylic acids is 1. The minimum atomic E-state index is -0.880. The zero-order valence-corrected chi connectivity index (χ0v) is 12.0. The Kier molecular flexibility index (Phi) is 8.87. The summed E-state index contributed by atoms with van der Waals surface area (Å²) in [5, 5.41) is 11.7. The van der Waals surface area contributed by atoms with Gasteiger partial charge in [-0.05, 0) is 25.7 Å². The van der Waals surface area contributed by atoms with E-state index in [1.807, 2.05) is 13.8 Å². The van der Waals surface area contributed by atoms with Crippen LogP contribution in [0.4, 0.5) is 0 Å². The zero-order valence-electron chi connectivity index (χ0n) is 12.0. The van der Waals surface area contributed by atoms with Gasteiger partial charge >= 0.3 is 5.97 Å². The highest BCUT2D eigenvalue weighted by atomic mass is 16.5.